The molecule has 20 aromatic rings. The Bertz CT molecular complexity index is 6070. The van der Waals surface area contributed by atoms with Crippen LogP contribution in [0.1, 0.15) is 136 Å². The number of fused-ring (bicyclic) bond motifs is 3. The molecular weight excluding hydrogens is 1970 g/mol. The molecule has 14 aromatic carbocycles. The van der Waals surface area contributed by atoms with E-state index in [1.54, 1.807) is 43.0 Å². The number of aryl methyl sites for hydroxylation is 21. The summed E-state index contributed by atoms with van der Waals surface area (Å²) in [7, 11) is 1.68. The number of rotatable bonds is 5. The number of aromatic amines is 1. The van der Waals surface area contributed by atoms with E-state index in [1.165, 1.54) is 142 Å². The molecule has 12 heteroatoms. The van der Waals surface area contributed by atoms with E-state index < -0.39 is 0 Å². The average Bonchev–Trinajstić information content (AvgIpc) is 1.27. The highest BCUT2D eigenvalue weighted by molar-refractivity contribution is 14.1. The molecule has 0 aliphatic rings. The number of methoxy groups -OCH3 is 1. The van der Waals surface area contributed by atoms with E-state index in [9.17, 15) is 4.39 Å². The summed E-state index contributed by atoms with van der Waals surface area (Å²) < 4.78 is 29.9. The normalized spacial score (nSPS) is 9.45. The molecular formula is C131H148BrClFIN4O3S. The third-order valence-corrected chi connectivity index (χ3v) is 23.0. The predicted molar refractivity (Wildman–Crippen MR) is 632 cm³/mol. The maximum absolute atomic E-state index is 12.1. The lowest BCUT2D eigenvalue weighted by atomic mass is 10.1. The third-order valence-electron chi connectivity index (χ3n) is 20.4. The van der Waals surface area contributed by atoms with E-state index in [0.29, 0.717) is 0 Å². The molecule has 0 amide bonds. The molecule has 20 rings (SSSR count). The quantitative estimate of drug-likeness (QED) is 0.136. The van der Waals surface area contributed by atoms with E-state index in [0.717, 1.165) is 63.3 Å². The van der Waals surface area contributed by atoms with Crippen LogP contribution in [0.15, 0.2) is 446 Å². The van der Waals surface area contributed by atoms with Gasteiger partial charge in [-0.3, -0.25) is 15.0 Å². The number of nitrogens with zero attached hydrogens (tertiary/aromatic N) is 3. The van der Waals surface area contributed by atoms with Gasteiger partial charge in [0.15, 0.2) is 0 Å². The van der Waals surface area contributed by atoms with Crippen LogP contribution in [0.4, 0.5) is 4.39 Å². The maximum Gasteiger partial charge on any atom is 0.123 e. The number of halogens is 4. The summed E-state index contributed by atoms with van der Waals surface area (Å²) in [4.78, 5) is 17.0. The lowest BCUT2D eigenvalue weighted by Crippen LogP contribution is -1.96. The topological polar surface area (TPSA) is 86.1 Å². The molecule has 0 spiro atoms. The van der Waals surface area contributed by atoms with Gasteiger partial charge in [-0.1, -0.05) is 364 Å². The number of nitrogens with one attached hydrogen (secondary N) is 1. The van der Waals surface area contributed by atoms with Gasteiger partial charge in [-0.25, -0.2) is 4.39 Å². The molecule has 143 heavy (non-hydrogen) atoms. The Morgan fingerprint density at radius 1 is 0.350 bits per heavy atom. The molecule has 0 saturated carbocycles. The van der Waals surface area contributed by atoms with Crippen LogP contribution in [-0.4, -0.2) is 33.7 Å². The van der Waals surface area contributed by atoms with Crippen molar-refractivity contribution in [2.45, 2.75) is 165 Å². The number of pyridine rings is 3. The molecule has 7 nitrogen and oxygen atoms in total. The van der Waals surface area contributed by atoms with Crippen LogP contribution in [0, 0.1) is 155 Å². The van der Waals surface area contributed by atoms with Crippen molar-refractivity contribution in [2.24, 2.45) is 0 Å². The summed E-state index contributed by atoms with van der Waals surface area (Å²) >= 11 is 13.1. The largest absolute Gasteiger partial charge is 0.497 e. The van der Waals surface area contributed by atoms with E-state index in [1.807, 2.05) is 231 Å². The van der Waals surface area contributed by atoms with Crippen molar-refractivity contribution in [3.63, 3.8) is 0 Å². The summed E-state index contributed by atoms with van der Waals surface area (Å²) in [5.41, 5.74) is 26.2. The van der Waals surface area contributed by atoms with Crippen LogP contribution < -0.4 is 9.47 Å². The van der Waals surface area contributed by atoms with Crippen LogP contribution in [0.2, 0.25) is 5.02 Å². The highest BCUT2D eigenvalue weighted by atomic mass is 127. The second kappa shape index (κ2) is 73.7. The molecule has 0 aliphatic carbocycles. The molecule has 0 unspecified atom stereocenters. The number of aromatic nitrogens is 4. The van der Waals surface area contributed by atoms with Gasteiger partial charge in [-0.15, -0.1) is 11.3 Å². The first kappa shape index (κ1) is 122. The third kappa shape index (κ3) is 60.5. The number of para-hydroxylation sites is 1. The number of hydrogen-bond acceptors (Lipinski definition) is 7. The molecule has 0 radical (unpaired) electrons. The minimum absolute atomic E-state index is 0.171. The van der Waals surface area contributed by atoms with Crippen molar-refractivity contribution >= 4 is 94.0 Å². The van der Waals surface area contributed by atoms with Gasteiger partial charge in [-0.2, -0.15) is 0 Å². The summed E-state index contributed by atoms with van der Waals surface area (Å²) in [6.07, 6.45) is 9.50. The molecule has 0 saturated heterocycles. The number of H-pyrrole nitrogens is 1. The molecule has 0 aliphatic heterocycles. The van der Waals surface area contributed by atoms with Crippen molar-refractivity contribution in [3.8, 4) is 11.5 Å². The van der Waals surface area contributed by atoms with Crippen LogP contribution in [-0.2, 0) is 0 Å². The van der Waals surface area contributed by atoms with Crippen LogP contribution in [0.3, 0.4) is 0 Å². The zero-order chi connectivity index (χ0) is 105. The number of furan rings is 1. The highest BCUT2D eigenvalue weighted by Crippen LogP contribution is 2.20. The maximum atomic E-state index is 12.1. The minimum atomic E-state index is -0.171. The standard InChI is InChI=1S/C11H16O.C11H10.2C10H9N.C9H12.C8H10O.2C8H10.C7H7Br.C7H7Cl.C7H7F.C7H7I.C7H8.C6H7N.C5H7N.C5H6O.C5H6S/c1-3-4-8-12-11-7-5-6-10(2)9-11;1-9-6-7-10-4-2-3-5-11(10)8-9;1-8-4-5-9-3-2-6-11-10(9)7-8;1-8-6-7-9-4-2-3-5-10(9)11-8;1-7-4-5-8(2)9(3)6-7;1-7-4-3-5-8(6-7)9-2;2*1-7-3-5-8(2)6-4-7;1-6-4-2-3-5-7(6)8;1-6-3-2-4-7(8)5-6;2*1-6-2-4-7(8)5-3-6;1-7-5-3-2-4-6-7;1-6-4-2-3-5-7-6;3*1-5-3-2-4-6-5/h5-7,9H,3-4,8H2,1-2H3;2-8H,1H3;2*2-7H,1H3;4-6H,1-3H3;3-6H,1-2H3;2*3-6H,1-2H3;4*2-5H,1H3;2-6H,1H3;2-5H,1H3;2-4,6H,1H3;2*2-4H,1H3. The first-order valence-electron chi connectivity index (χ1n) is 48.0. The Labute approximate surface area is 887 Å². The van der Waals surface area contributed by atoms with Crippen LogP contribution in [0.25, 0.3) is 32.6 Å². The fourth-order valence-corrected chi connectivity index (χ4v) is 13.4. The second-order valence-electron chi connectivity index (χ2n) is 34.2. The number of thiophene rings is 1. The van der Waals surface area contributed by atoms with Gasteiger partial charge in [0, 0.05) is 64.4 Å². The van der Waals surface area contributed by atoms with Gasteiger partial charge in [0.05, 0.1) is 31.0 Å². The van der Waals surface area contributed by atoms with Crippen molar-refractivity contribution in [1.29, 1.82) is 0 Å². The molecule has 6 aromatic heterocycles. The number of hydrogen-bond donors (Lipinski definition) is 1. The molecule has 1 N–H and O–H groups in total. The smallest absolute Gasteiger partial charge is 0.123 e. The molecule has 6 heterocycles. The lowest BCUT2D eigenvalue weighted by molar-refractivity contribution is 0.309. The zero-order valence-corrected chi connectivity index (χ0v) is 93.5. The first-order chi connectivity index (χ1) is 68.6. The minimum Gasteiger partial charge on any atom is -0.497 e. The lowest BCUT2D eigenvalue weighted by Gasteiger charge is -2.04. The molecule has 0 bridgehead atoms. The fraction of sp³-hybridized carbons (Fsp3) is 0.198. The second-order valence-corrected chi connectivity index (χ2v) is 37.9. The van der Waals surface area contributed by atoms with Gasteiger partial charge < -0.3 is 18.9 Å². The SMILES string of the molecule is CCCCOc1cccc(C)c1.COc1cccc(C)c1.Cc1ccc(C)c(C)c1.Cc1ccc(C)cc1.Cc1ccc(C)cc1.Cc1ccc(F)cc1.Cc1ccc(I)cc1.Cc1ccc2ccccc2c1.Cc1ccc2ccccc2n1.Cc1ccc2cccnc2c1.Cc1ccc[nH]1.Cc1cccc(Cl)c1.Cc1ccccc1.Cc1ccccc1Br.Cc1ccccn1.Cc1ccco1.Cc1cccs1. The highest BCUT2D eigenvalue weighted by Gasteiger charge is 1.98. The van der Waals surface area contributed by atoms with Gasteiger partial charge >= 0.3 is 0 Å². The summed E-state index contributed by atoms with van der Waals surface area (Å²) in [6, 6.07) is 136. The van der Waals surface area contributed by atoms with Crippen molar-refractivity contribution in [2.75, 3.05) is 13.7 Å². The summed E-state index contributed by atoms with van der Waals surface area (Å²) in [5, 5.41) is 7.95. The van der Waals surface area contributed by atoms with E-state index >= 15 is 0 Å². The van der Waals surface area contributed by atoms with Crippen LogP contribution >= 0.6 is 61.5 Å². The number of ether oxygens (including phenoxy) is 2. The monoisotopic (exact) mass is 2120 g/mol. The van der Waals surface area contributed by atoms with E-state index in [4.69, 9.17) is 25.5 Å². The summed E-state index contributed by atoms with van der Waals surface area (Å²) in [6.45, 7) is 46.3. The Morgan fingerprint density at radius 3 is 1.22 bits per heavy atom. The number of unbranched alkanes of at least 4 members (excludes halogenated alkanes) is 1. The average molecular weight is 2120 g/mol. The van der Waals surface area contributed by atoms with Crippen molar-refractivity contribution in [3.05, 3.63) is 572 Å². The molecule has 0 fully saturated rings. The van der Waals surface area contributed by atoms with Crippen molar-refractivity contribution < 1.29 is 18.3 Å². The van der Waals surface area contributed by atoms with Crippen molar-refractivity contribution in [1.82, 2.24) is 19.9 Å². The zero-order valence-electron chi connectivity index (χ0n) is 88.2. The molecule has 0 atom stereocenters. The van der Waals surface area contributed by atoms with Gasteiger partial charge in [0.25, 0.3) is 0 Å². The first-order valence-corrected chi connectivity index (χ1v) is 51.2. The Hall–Kier alpha value is -13.4. The van der Waals surface area contributed by atoms with Gasteiger partial charge in [0.2, 0.25) is 0 Å². The Morgan fingerprint density at radius 2 is 0.811 bits per heavy atom. The van der Waals surface area contributed by atoms with E-state index in [2.05, 4.69) is 380 Å². The van der Waals surface area contributed by atoms with Crippen LogP contribution in [0.5, 0.6) is 11.5 Å². The predicted octanol–water partition coefficient (Wildman–Crippen LogP) is 39.1. The number of benzene rings is 14. The Balaban J connectivity index is 0.000000318. The Kier molecular flexibility index (Phi) is 62.8. The fourth-order valence-electron chi connectivity index (χ4n) is 11.9. The van der Waals surface area contributed by atoms with Gasteiger partial charge in [0.1, 0.15) is 23.1 Å². The molecule has 744 valence electrons. The summed E-state index contributed by atoms with van der Waals surface area (Å²) in [5.74, 6) is 2.71. The van der Waals surface area contributed by atoms with E-state index in [-0.39, 0.29) is 5.82 Å². The van der Waals surface area contributed by atoms with Gasteiger partial charge in [-0.05, 0) is 363 Å².